The number of benzene rings is 1. The van der Waals surface area contributed by atoms with Crippen molar-refractivity contribution in [2.24, 2.45) is 5.92 Å². The number of nitrogens with one attached hydrogen (secondary N) is 1. The first-order valence-corrected chi connectivity index (χ1v) is 7.60. The predicted molar refractivity (Wildman–Crippen MR) is 80.2 cm³/mol. The Morgan fingerprint density at radius 1 is 1.26 bits per heavy atom. The Morgan fingerprint density at radius 2 is 2.05 bits per heavy atom. The van der Waals surface area contributed by atoms with Gasteiger partial charge in [-0.15, -0.1) is 0 Å². The van der Waals surface area contributed by atoms with Gasteiger partial charge in [0.15, 0.2) is 0 Å². The van der Waals surface area contributed by atoms with Crippen LogP contribution in [0.15, 0.2) is 24.3 Å². The molecular weight excluding hydrogens is 234 g/mol. The minimum absolute atomic E-state index is 0.714. The van der Waals surface area contributed by atoms with Crippen LogP contribution in [0.25, 0.3) is 0 Å². The van der Waals surface area contributed by atoms with Crippen LogP contribution in [0.5, 0.6) is 5.75 Å². The number of ether oxygens (including phenoxy) is 1. The summed E-state index contributed by atoms with van der Waals surface area (Å²) in [4.78, 5) is 0. The van der Waals surface area contributed by atoms with Crippen LogP contribution in [0.4, 0.5) is 0 Å². The lowest BCUT2D eigenvalue weighted by Crippen LogP contribution is -2.15. The summed E-state index contributed by atoms with van der Waals surface area (Å²) in [6.45, 7) is 2.95. The Balaban J connectivity index is 1.89. The van der Waals surface area contributed by atoms with Crippen LogP contribution >= 0.6 is 0 Å². The summed E-state index contributed by atoms with van der Waals surface area (Å²) in [6.07, 6.45) is 8.58. The second-order valence-electron chi connectivity index (χ2n) is 5.57. The molecule has 1 aliphatic carbocycles. The summed E-state index contributed by atoms with van der Waals surface area (Å²) in [5.74, 6) is 1.65. The molecule has 1 N–H and O–H groups in total. The van der Waals surface area contributed by atoms with Crippen LogP contribution in [-0.2, 0) is 0 Å². The number of rotatable bonds is 6. The fourth-order valence-corrected chi connectivity index (χ4v) is 2.74. The van der Waals surface area contributed by atoms with Gasteiger partial charge in [-0.25, -0.2) is 0 Å². The fraction of sp³-hybridized carbons (Fsp3) is 0.588. The highest BCUT2D eigenvalue weighted by Gasteiger charge is 2.14. The first-order valence-electron chi connectivity index (χ1n) is 7.60. The lowest BCUT2D eigenvalue weighted by atomic mass is 9.90. The van der Waals surface area contributed by atoms with E-state index in [1.165, 1.54) is 32.1 Å². The number of hydrogen-bond donors (Lipinski definition) is 1. The van der Waals surface area contributed by atoms with Gasteiger partial charge in [0.05, 0.1) is 6.61 Å². The van der Waals surface area contributed by atoms with Crippen molar-refractivity contribution in [2.45, 2.75) is 51.9 Å². The molecule has 0 aromatic heterocycles. The molecular formula is C17H25NO. The Bertz CT molecular complexity index is 407. The summed E-state index contributed by atoms with van der Waals surface area (Å²) < 4.78 is 5.92. The molecule has 0 atom stereocenters. The summed E-state index contributed by atoms with van der Waals surface area (Å²) in [5, 5.41) is 8.00. The molecule has 0 radical (unpaired) electrons. The summed E-state index contributed by atoms with van der Waals surface area (Å²) in [7, 11) is 0. The highest BCUT2D eigenvalue weighted by molar-refractivity contribution is 5.98. The quantitative estimate of drug-likeness (QED) is 0.730. The third kappa shape index (κ3) is 4.38. The average molecular weight is 259 g/mol. The molecule has 0 spiro atoms. The highest BCUT2D eigenvalue weighted by Crippen LogP contribution is 2.25. The summed E-state index contributed by atoms with van der Waals surface area (Å²) >= 11 is 0. The van der Waals surface area contributed by atoms with Crippen LogP contribution in [0, 0.1) is 11.3 Å². The molecule has 1 aliphatic rings. The topological polar surface area (TPSA) is 33.1 Å². The van der Waals surface area contributed by atoms with Gasteiger partial charge < -0.3 is 10.1 Å². The molecule has 104 valence electrons. The van der Waals surface area contributed by atoms with Crippen molar-refractivity contribution in [2.75, 3.05) is 6.61 Å². The Morgan fingerprint density at radius 3 is 2.79 bits per heavy atom. The van der Waals surface area contributed by atoms with Crippen LogP contribution in [0.2, 0.25) is 0 Å². The van der Waals surface area contributed by atoms with Gasteiger partial charge in [-0.2, -0.15) is 0 Å². The van der Waals surface area contributed by atoms with Crippen LogP contribution < -0.4 is 4.74 Å². The van der Waals surface area contributed by atoms with Gasteiger partial charge in [0, 0.05) is 5.71 Å². The van der Waals surface area contributed by atoms with Gasteiger partial charge >= 0.3 is 0 Å². The lowest BCUT2D eigenvalue weighted by Gasteiger charge is -2.21. The third-order valence-electron chi connectivity index (χ3n) is 3.89. The smallest absolute Gasteiger partial charge is 0.119 e. The van der Waals surface area contributed by atoms with Crippen LogP contribution in [0.3, 0.4) is 0 Å². The maximum atomic E-state index is 8.00. The molecule has 1 aromatic rings. The average Bonchev–Trinajstić information content (AvgIpc) is 2.47. The molecule has 2 nitrogen and oxygen atoms in total. The Labute approximate surface area is 116 Å². The first kappa shape index (κ1) is 14.1. The van der Waals surface area contributed by atoms with E-state index in [0.717, 1.165) is 36.7 Å². The number of hydrogen-bond acceptors (Lipinski definition) is 2. The van der Waals surface area contributed by atoms with Crippen LogP contribution in [0.1, 0.15) is 57.4 Å². The summed E-state index contributed by atoms with van der Waals surface area (Å²) in [5.41, 5.74) is 1.72. The van der Waals surface area contributed by atoms with E-state index in [4.69, 9.17) is 10.1 Å². The van der Waals surface area contributed by atoms with E-state index >= 15 is 0 Å². The molecule has 0 bridgehead atoms. The fourth-order valence-electron chi connectivity index (χ4n) is 2.74. The second-order valence-corrected chi connectivity index (χ2v) is 5.57. The maximum Gasteiger partial charge on any atom is 0.119 e. The molecule has 0 aliphatic heterocycles. The molecule has 2 rings (SSSR count). The van der Waals surface area contributed by atoms with E-state index < -0.39 is 0 Å². The normalized spacial score (nSPS) is 16.3. The van der Waals surface area contributed by atoms with Crippen molar-refractivity contribution in [1.29, 1.82) is 5.41 Å². The third-order valence-corrected chi connectivity index (χ3v) is 3.89. The molecule has 0 amide bonds. The van der Waals surface area contributed by atoms with Crippen molar-refractivity contribution in [3.05, 3.63) is 29.8 Å². The molecule has 0 unspecified atom stereocenters. The minimum atomic E-state index is 0.714. The van der Waals surface area contributed by atoms with E-state index in [0.29, 0.717) is 5.71 Å². The zero-order valence-electron chi connectivity index (χ0n) is 12.0. The van der Waals surface area contributed by atoms with Crippen molar-refractivity contribution in [3.63, 3.8) is 0 Å². The van der Waals surface area contributed by atoms with E-state index in [-0.39, 0.29) is 0 Å². The zero-order valence-corrected chi connectivity index (χ0v) is 12.0. The Hall–Kier alpha value is -1.31. The molecule has 1 aromatic carbocycles. The second kappa shape index (κ2) is 7.32. The highest BCUT2D eigenvalue weighted by atomic mass is 16.5. The molecule has 1 fully saturated rings. The van der Waals surface area contributed by atoms with E-state index in [9.17, 15) is 0 Å². The van der Waals surface area contributed by atoms with Gasteiger partial charge in [-0.3, -0.25) is 0 Å². The Kier molecular flexibility index (Phi) is 5.44. The van der Waals surface area contributed by atoms with Gasteiger partial charge in [0.2, 0.25) is 0 Å². The zero-order chi connectivity index (χ0) is 13.5. The molecule has 0 saturated heterocycles. The van der Waals surface area contributed by atoms with Gasteiger partial charge in [0.25, 0.3) is 0 Å². The van der Waals surface area contributed by atoms with Crippen LogP contribution in [-0.4, -0.2) is 12.3 Å². The maximum absolute atomic E-state index is 8.00. The lowest BCUT2D eigenvalue weighted by molar-refractivity contribution is 0.209. The van der Waals surface area contributed by atoms with Gasteiger partial charge in [0.1, 0.15) is 5.75 Å². The first-order chi connectivity index (χ1) is 9.29. The molecule has 1 saturated carbocycles. The molecule has 2 heteroatoms. The predicted octanol–water partition coefficient (Wildman–Crippen LogP) is 4.81. The van der Waals surface area contributed by atoms with Crippen molar-refractivity contribution in [3.8, 4) is 5.75 Å². The van der Waals surface area contributed by atoms with E-state index in [1.807, 2.05) is 24.3 Å². The monoisotopic (exact) mass is 259 g/mol. The SMILES string of the molecule is CCCC(=N)c1cccc(OCC2CCCCC2)c1. The minimum Gasteiger partial charge on any atom is -0.493 e. The van der Waals surface area contributed by atoms with Crippen molar-refractivity contribution in [1.82, 2.24) is 0 Å². The van der Waals surface area contributed by atoms with Gasteiger partial charge in [-0.1, -0.05) is 44.7 Å². The van der Waals surface area contributed by atoms with Crippen molar-refractivity contribution < 1.29 is 4.74 Å². The van der Waals surface area contributed by atoms with E-state index in [2.05, 4.69) is 6.92 Å². The standard InChI is InChI=1S/C17H25NO/c1-2-7-17(18)15-10-6-11-16(12-15)19-13-14-8-4-3-5-9-14/h6,10-12,14,18H,2-5,7-9,13H2,1H3. The van der Waals surface area contributed by atoms with Crippen molar-refractivity contribution >= 4 is 5.71 Å². The molecule has 0 heterocycles. The van der Waals surface area contributed by atoms with E-state index in [1.54, 1.807) is 0 Å². The largest absolute Gasteiger partial charge is 0.493 e. The summed E-state index contributed by atoms with van der Waals surface area (Å²) in [6, 6.07) is 8.02. The van der Waals surface area contributed by atoms with Gasteiger partial charge in [-0.05, 0) is 42.9 Å². The molecule has 19 heavy (non-hydrogen) atoms.